The number of thiazole rings is 1. The van der Waals surface area contributed by atoms with Crippen LogP contribution in [-0.4, -0.2) is 24.0 Å². The number of para-hydroxylation sites is 2. The van der Waals surface area contributed by atoms with Gasteiger partial charge in [-0.25, -0.2) is 9.37 Å². The maximum absolute atomic E-state index is 12.9. The van der Waals surface area contributed by atoms with Crippen LogP contribution >= 0.6 is 11.3 Å². The van der Waals surface area contributed by atoms with E-state index in [1.807, 2.05) is 42.5 Å². The van der Waals surface area contributed by atoms with E-state index in [1.165, 1.54) is 24.3 Å². The second-order valence-electron chi connectivity index (χ2n) is 6.45. The molecule has 0 saturated carbocycles. The normalized spacial score (nSPS) is 10.8. The lowest BCUT2D eigenvalue weighted by Crippen LogP contribution is -2.25. The zero-order valence-corrected chi connectivity index (χ0v) is 16.4. The molecular weight excluding hydrogens is 387 g/mol. The van der Waals surface area contributed by atoms with Crippen molar-refractivity contribution < 1.29 is 13.9 Å². The van der Waals surface area contributed by atoms with E-state index in [-0.39, 0.29) is 11.7 Å². The van der Waals surface area contributed by atoms with Gasteiger partial charge in [0.15, 0.2) is 0 Å². The number of hydrogen-bond donors (Lipinski definition) is 1. The first-order valence-corrected chi connectivity index (χ1v) is 10.1. The monoisotopic (exact) mass is 406 g/mol. The van der Waals surface area contributed by atoms with Crippen LogP contribution in [0.4, 0.5) is 4.39 Å². The fourth-order valence-electron chi connectivity index (χ4n) is 2.92. The number of carbonyl (C=O) groups is 1. The van der Waals surface area contributed by atoms with Gasteiger partial charge in [0.05, 0.1) is 22.4 Å². The zero-order chi connectivity index (χ0) is 20.1. The van der Waals surface area contributed by atoms with Crippen LogP contribution in [0.3, 0.4) is 0 Å². The van der Waals surface area contributed by atoms with Crippen molar-refractivity contribution in [3.05, 3.63) is 84.2 Å². The molecule has 6 heteroatoms. The molecule has 0 radical (unpaired) electrons. The Labute approximate surface area is 172 Å². The van der Waals surface area contributed by atoms with E-state index >= 15 is 0 Å². The van der Waals surface area contributed by atoms with E-state index < -0.39 is 0 Å². The van der Waals surface area contributed by atoms with E-state index in [4.69, 9.17) is 9.72 Å². The van der Waals surface area contributed by atoms with Gasteiger partial charge in [0.25, 0.3) is 5.91 Å². The molecule has 0 aliphatic rings. The van der Waals surface area contributed by atoms with Gasteiger partial charge in [-0.15, -0.1) is 11.3 Å². The van der Waals surface area contributed by atoms with Gasteiger partial charge in [-0.3, -0.25) is 4.79 Å². The lowest BCUT2D eigenvalue weighted by Gasteiger charge is -2.10. The Morgan fingerprint density at radius 3 is 2.59 bits per heavy atom. The molecule has 0 spiro atoms. The highest BCUT2D eigenvalue weighted by molar-refractivity contribution is 7.21. The highest BCUT2D eigenvalue weighted by Crippen LogP contribution is 2.35. The topological polar surface area (TPSA) is 51.2 Å². The molecule has 146 valence electrons. The molecule has 1 N–H and O–H groups in total. The van der Waals surface area contributed by atoms with Gasteiger partial charge in [0.1, 0.15) is 16.6 Å². The molecule has 29 heavy (non-hydrogen) atoms. The Morgan fingerprint density at radius 1 is 1.00 bits per heavy atom. The molecule has 4 nitrogen and oxygen atoms in total. The van der Waals surface area contributed by atoms with Gasteiger partial charge in [0, 0.05) is 12.1 Å². The number of nitrogens with zero attached hydrogens (tertiary/aromatic N) is 1. The summed E-state index contributed by atoms with van der Waals surface area (Å²) in [7, 11) is 0. The van der Waals surface area contributed by atoms with Crippen molar-refractivity contribution in [3.8, 4) is 16.3 Å². The number of fused-ring (bicyclic) bond motifs is 1. The summed E-state index contributed by atoms with van der Waals surface area (Å²) in [6.07, 6.45) is 0.654. The van der Waals surface area contributed by atoms with Crippen LogP contribution < -0.4 is 10.1 Å². The third kappa shape index (κ3) is 4.60. The third-order valence-corrected chi connectivity index (χ3v) is 5.45. The van der Waals surface area contributed by atoms with Crippen molar-refractivity contribution in [2.24, 2.45) is 0 Å². The summed E-state index contributed by atoms with van der Waals surface area (Å²) in [5, 5.41) is 3.74. The lowest BCUT2D eigenvalue weighted by atomic mass is 10.2. The molecule has 0 saturated heterocycles. The summed E-state index contributed by atoms with van der Waals surface area (Å²) in [6, 6.07) is 21.4. The van der Waals surface area contributed by atoms with Crippen molar-refractivity contribution in [1.82, 2.24) is 10.3 Å². The van der Waals surface area contributed by atoms with Crippen molar-refractivity contribution in [3.63, 3.8) is 0 Å². The number of hydrogen-bond acceptors (Lipinski definition) is 4. The first-order chi connectivity index (χ1) is 14.2. The molecule has 1 aromatic heterocycles. The fraction of sp³-hybridized carbons (Fsp3) is 0.130. The highest BCUT2D eigenvalue weighted by atomic mass is 32.1. The number of aromatic nitrogens is 1. The molecule has 0 aliphatic carbocycles. The molecule has 0 unspecified atom stereocenters. The third-order valence-electron chi connectivity index (χ3n) is 4.38. The second-order valence-corrected chi connectivity index (χ2v) is 7.48. The Kier molecular flexibility index (Phi) is 5.81. The van der Waals surface area contributed by atoms with E-state index in [9.17, 15) is 9.18 Å². The predicted molar refractivity (Wildman–Crippen MR) is 114 cm³/mol. The van der Waals surface area contributed by atoms with Crippen LogP contribution in [-0.2, 0) is 0 Å². The van der Waals surface area contributed by atoms with Crippen LogP contribution in [0, 0.1) is 5.82 Å². The quantitative estimate of drug-likeness (QED) is 0.424. The Bertz CT molecular complexity index is 1090. The van der Waals surface area contributed by atoms with Gasteiger partial charge in [-0.1, -0.05) is 24.3 Å². The van der Waals surface area contributed by atoms with Gasteiger partial charge < -0.3 is 10.1 Å². The van der Waals surface area contributed by atoms with Crippen LogP contribution in [0.1, 0.15) is 16.8 Å². The van der Waals surface area contributed by atoms with Crippen molar-refractivity contribution in [2.45, 2.75) is 6.42 Å². The van der Waals surface area contributed by atoms with Gasteiger partial charge in [0.2, 0.25) is 0 Å². The molecule has 0 fully saturated rings. The standard InChI is InChI=1S/C23H19FN2O2S/c24-17-12-10-16(11-13-17)22(27)25-14-5-15-28-20-8-3-1-6-18(20)23-26-19-7-2-4-9-21(19)29-23/h1-4,6-13H,5,14-15H2,(H,25,27). The Balaban J connectivity index is 1.33. The molecular formula is C23H19FN2O2S. The maximum Gasteiger partial charge on any atom is 0.251 e. The van der Waals surface area contributed by atoms with E-state index in [0.29, 0.717) is 25.1 Å². The number of amides is 1. The number of ether oxygens (including phenoxy) is 1. The number of benzene rings is 3. The second kappa shape index (κ2) is 8.84. The summed E-state index contributed by atoms with van der Waals surface area (Å²) in [4.78, 5) is 16.7. The smallest absolute Gasteiger partial charge is 0.251 e. The van der Waals surface area contributed by atoms with Crippen molar-refractivity contribution in [2.75, 3.05) is 13.2 Å². The summed E-state index contributed by atoms with van der Waals surface area (Å²) < 4.78 is 20.0. The van der Waals surface area contributed by atoms with Crippen molar-refractivity contribution >= 4 is 27.5 Å². The van der Waals surface area contributed by atoms with E-state index in [0.717, 1.165) is 26.5 Å². The molecule has 4 aromatic rings. The first-order valence-electron chi connectivity index (χ1n) is 9.32. The average molecular weight is 406 g/mol. The SMILES string of the molecule is O=C(NCCCOc1ccccc1-c1nc2ccccc2s1)c1ccc(F)cc1. The summed E-state index contributed by atoms with van der Waals surface area (Å²) in [5.74, 6) is 0.193. The molecule has 3 aromatic carbocycles. The predicted octanol–water partition coefficient (Wildman–Crippen LogP) is 5.30. The lowest BCUT2D eigenvalue weighted by molar-refractivity contribution is 0.0951. The largest absolute Gasteiger partial charge is 0.493 e. The van der Waals surface area contributed by atoms with Crippen LogP contribution in [0.25, 0.3) is 20.8 Å². The van der Waals surface area contributed by atoms with Gasteiger partial charge in [-0.2, -0.15) is 0 Å². The summed E-state index contributed by atoms with van der Waals surface area (Å²) >= 11 is 1.64. The number of carbonyl (C=O) groups excluding carboxylic acids is 1. The van der Waals surface area contributed by atoms with E-state index in [1.54, 1.807) is 11.3 Å². The van der Waals surface area contributed by atoms with Gasteiger partial charge >= 0.3 is 0 Å². The first kappa shape index (κ1) is 19.1. The molecule has 0 atom stereocenters. The molecule has 1 heterocycles. The van der Waals surface area contributed by atoms with Crippen LogP contribution in [0.2, 0.25) is 0 Å². The fourth-order valence-corrected chi connectivity index (χ4v) is 3.91. The van der Waals surface area contributed by atoms with Crippen LogP contribution in [0.5, 0.6) is 5.75 Å². The molecule has 1 amide bonds. The van der Waals surface area contributed by atoms with E-state index in [2.05, 4.69) is 11.4 Å². The average Bonchev–Trinajstić information content (AvgIpc) is 3.18. The van der Waals surface area contributed by atoms with Crippen molar-refractivity contribution in [1.29, 1.82) is 0 Å². The minimum Gasteiger partial charge on any atom is -0.493 e. The summed E-state index contributed by atoms with van der Waals surface area (Å²) in [5.41, 5.74) is 2.38. The molecule has 0 aliphatic heterocycles. The van der Waals surface area contributed by atoms with Crippen LogP contribution in [0.15, 0.2) is 72.8 Å². The maximum atomic E-state index is 12.9. The Hall–Kier alpha value is -3.25. The number of nitrogens with one attached hydrogen (secondary N) is 1. The Morgan fingerprint density at radius 2 is 1.76 bits per heavy atom. The molecule has 0 bridgehead atoms. The minimum absolute atomic E-state index is 0.222. The minimum atomic E-state index is -0.359. The zero-order valence-electron chi connectivity index (χ0n) is 15.6. The summed E-state index contributed by atoms with van der Waals surface area (Å²) in [6.45, 7) is 0.936. The molecule has 4 rings (SSSR count). The number of rotatable bonds is 7. The number of halogens is 1. The highest BCUT2D eigenvalue weighted by Gasteiger charge is 2.11. The van der Waals surface area contributed by atoms with Gasteiger partial charge in [-0.05, 0) is 55.0 Å².